The summed E-state index contributed by atoms with van der Waals surface area (Å²) < 4.78 is 16.1. The summed E-state index contributed by atoms with van der Waals surface area (Å²) in [6.07, 6.45) is 0. The van der Waals surface area contributed by atoms with Gasteiger partial charge in [0.25, 0.3) is 5.91 Å². The first-order valence-electron chi connectivity index (χ1n) is 9.57. The summed E-state index contributed by atoms with van der Waals surface area (Å²) in [6, 6.07) is 14.5. The summed E-state index contributed by atoms with van der Waals surface area (Å²) in [6.45, 7) is 3.45. The molecule has 2 N–H and O–H groups in total. The third-order valence-electron chi connectivity index (χ3n) is 4.56. The lowest BCUT2D eigenvalue weighted by atomic mass is 10.1. The summed E-state index contributed by atoms with van der Waals surface area (Å²) in [5.74, 6) is 2.28. The van der Waals surface area contributed by atoms with E-state index < -0.39 is 0 Å². The van der Waals surface area contributed by atoms with Crippen molar-refractivity contribution in [1.82, 2.24) is 10.3 Å². The number of hydrogen-bond acceptors (Lipinski definition) is 7. The fraction of sp³-hybridized carbons (Fsp3) is 0.227. The van der Waals surface area contributed by atoms with Crippen molar-refractivity contribution in [3.05, 3.63) is 53.6 Å². The molecule has 0 saturated carbocycles. The summed E-state index contributed by atoms with van der Waals surface area (Å²) >= 11 is 0. The van der Waals surface area contributed by atoms with Crippen molar-refractivity contribution in [2.24, 2.45) is 0 Å². The van der Waals surface area contributed by atoms with Crippen LogP contribution in [0.4, 0.5) is 5.82 Å². The number of amides is 1. The summed E-state index contributed by atoms with van der Waals surface area (Å²) in [5, 5.41) is 16.2. The quantitative estimate of drug-likeness (QED) is 0.583. The number of pyridine rings is 1. The fourth-order valence-corrected chi connectivity index (χ4v) is 3.11. The third kappa shape index (κ3) is 4.05. The molecule has 8 nitrogen and oxygen atoms in total. The van der Waals surface area contributed by atoms with Gasteiger partial charge in [0.2, 0.25) is 6.79 Å². The molecule has 0 radical (unpaired) electrons. The van der Waals surface area contributed by atoms with E-state index in [9.17, 15) is 10.1 Å². The second-order valence-electron chi connectivity index (χ2n) is 6.53. The number of nitrogens with one attached hydrogen (secondary N) is 2. The van der Waals surface area contributed by atoms with Crippen LogP contribution in [0.2, 0.25) is 0 Å². The van der Waals surface area contributed by atoms with Crippen molar-refractivity contribution >= 4 is 22.6 Å². The molecule has 1 amide bonds. The Bertz CT molecular complexity index is 1120. The zero-order valence-corrected chi connectivity index (χ0v) is 16.4. The number of fused-ring (bicyclic) bond motifs is 2. The van der Waals surface area contributed by atoms with Crippen LogP contribution >= 0.6 is 0 Å². The maximum atomic E-state index is 12.3. The number of aromatic nitrogens is 1. The van der Waals surface area contributed by atoms with Crippen LogP contribution in [0.1, 0.15) is 22.8 Å². The van der Waals surface area contributed by atoms with E-state index in [2.05, 4.69) is 21.7 Å². The van der Waals surface area contributed by atoms with Gasteiger partial charge in [0.05, 0.1) is 17.7 Å². The molecular weight excluding hydrogens is 384 g/mol. The second kappa shape index (κ2) is 8.57. The van der Waals surface area contributed by atoms with Crippen LogP contribution in [-0.2, 0) is 0 Å². The van der Waals surface area contributed by atoms with Gasteiger partial charge in [-0.05, 0) is 43.3 Å². The monoisotopic (exact) mass is 404 g/mol. The van der Waals surface area contributed by atoms with E-state index in [1.54, 1.807) is 36.4 Å². The van der Waals surface area contributed by atoms with Crippen molar-refractivity contribution in [1.29, 1.82) is 5.26 Å². The van der Waals surface area contributed by atoms with Crippen LogP contribution in [0.25, 0.3) is 10.9 Å². The highest BCUT2D eigenvalue weighted by Crippen LogP contribution is 2.36. The van der Waals surface area contributed by atoms with Gasteiger partial charge in [-0.25, -0.2) is 4.98 Å². The molecule has 0 unspecified atom stereocenters. The molecule has 152 valence electrons. The number of ether oxygens (including phenoxy) is 3. The SMILES string of the molecule is CCOc1ccc(C(=O)NCCNc2nc3cc4c(cc3cc2C#N)OCO4)cc1. The molecule has 1 aliphatic rings. The Balaban J connectivity index is 1.38. The number of nitrogens with zero attached hydrogens (tertiary/aromatic N) is 2. The van der Waals surface area contributed by atoms with Gasteiger partial charge >= 0.3 is 0 Å². The van der Waals surface area contributed by atoms with Gasteiger partial charge in [-0.15, -0.1) is 0 Å². The second-order valence-corrected chi connectivity index (χ2v) is 6.53. The number of nitriles is 1. The molecule has 30 heavy (non-hydrogen) atoms. The Hall–Kier alpha value is -3.99. The number of anilines is 1. The number of carbonyl (C=O) groups is 1. The van der Waals surface area contributed by atoms with E-state index in [0.717, 1.165) is 11.1 Å². The van der Waals surface area contributed by atoms with Crippen LogP contribution in [0, 0.1) is 11.3 Å². The maximum absolute atomic E-state index is 12.3. The van der Waals surface area contributed by atoms with Crippen molar-refractivity contribution in [2.75, 3.05) is 31.8 Å². The molecule has 0 atom stereocenters. The minimum absolute atomic E-state index is 0.177. The summed E-state index contributed by atoms with van der Waals surface area (Å²) in [7, 11) is 0. The summed E-state index contributed by atoms with van der Waals surface area (Å²) in [5.41, 5.74) is 1.66. The van der Waals surface area contributed by atoms with Gasteiger partial charge in [-0.2, -0.15) is 5.26 Å². The van der Waals surface area contributed by atoms with Gasteiger partial charge in [-0.3, -0.25) is 4.79 Å². The minimum Gasteiger partial charge on any atom is -0.494 e. The molecule has 2 aromatic carbocycles. The standard InChI is InChI=1S/C22H20N4O4/c1-2-28-17-5-3-14(4-6-17)22(27)25-8-7-24-21-16(12-23)9-15-10-19-20(30-13-29-19)11-18(15)26-21/h3-6,9-11H,2,7-8,13H2,1H3,(H,24,26)(H,25,27). The van der Waals surface area contributed by atoms with Crippen molar-refractivity contribution in [3.63, 3.8) is 0 Å². The smallest absolute Gasteiger partial charge is 0.251 e. The predicted octanol–water partition coefficient (Wildman–Crippen LogP) is 3.08. The first kappa shape index (κ1) is 19.3. The van der Waals surface area contributed by atoms with Crippen molar-refractivity contribution in [3.8, 4) is 23.3 Å². The first-order chi connectivity index (χ1) is 14.7. The zero-order chi connectivity index (χ0) is 20.9. The van der Waals surface area contributed by atoms with Crippen LogP contribution in [0.15, 0.2) is 42.5 Å². The lowest BCUT2D eigenvalue weighted by Gasteiger charge is -2.10. The topological polar surface area (TPSA) is 106 Å². The van der Waals surface area contributed by atoms with E-state index >= 15 is 0 Å². The van der Waals surface area contributed by atoms with Crippen molar-refractivity contribution in [2.45, 2.75) is 6.92 Å². The average Bonchev–Trinajstić information content (AvgIpc) is 3.22. The molecule has 0 aliphatic carbocycles. The van der Waals surface area contributed by atoms with Crippen LogP contribution in [0.5, 0.6) is 17.2 Å². The molecule has 2 heterocycles. The Morgan fingerprint density at radius 2 is 1.93 bits per heavy atom. The van der Waals surface area contributed by atoms with Crippen LogP contribution in [-0.4, -0.2) is 37.4 Å². The molecule has 8 heteroatoms. The number of benzene rings is 2. The fourth-order valence-electron chi connectivity index (χ4n) is 3.11. The van der Waals surface area contributed by atoms with E-state index in [1.807, 2.05) is 13.0 Å². The van der Waals surface area contributed by atoms with E-state index in [-0.39, 0.29) is 12.7 Å². The van der Waals surface area contributed by atoms with E-state index in [1.165, 1.54) is 0 Å². The minimum atomic E-state index is -0.181. The molecule has 0 saturated heterocycles. The molecule has 0 spiro atoms. The maximum Gasteiger partial charge on any atom is 0.251 e. The van der Waals surface area contributed by atoms with E-state index in [0.29, 0.717) is 53.7 Å². The van der Waals surface area contributed by atoms with E-state index in [4.69, 9.17) is 14.2 Å². The average molecular weight is 404 g/mol. The highest BCUT2D eigenvalue weighted by atomic mass is 16.7. The Labute approximate surface area is 173 Å². The first-order valence-corrected chi connectivity index (χ1v) is 9.57. The van der Waals surface area contributed by atoms with Gasteiger partial charge in [0.1, 0.15) is 17.6 Å². The lowest BCUT2D eigenvalue weighted by Crippen LogP contribution is -2.29. The van der Waals surface area contributed by atoms with Crippen LogP contribution in [0.3, 0.4) is 0 Å². The normalized spacial score (nSPS) is 11.7. The Morgan fingerprint density at radius 1 is 1.17 bits per heavy atom. The number of carbonyl (C=O) groups excluding carboxylic acids is 1. The third-order valence-corrected chi connectivity index (χ3v) is 4.56. The highest BCUT2D eigenvalue weighted by molar-refractivity contribution is 5.94. The molecule has 4 rings (SSSR count). The lowest BCUT2D eigenvalue weighted by molar-refractivity contribution is 0.0955. The highest BCUT2D eigenvalue weighted by Gasteiger charge is 2.16. The summed E-state index contributed by atoms with van der Waals surface area (Å²) in [4.78, 5) is 16.8. The van der Waals surface area contributed by atoms with Gasteiger partial charge in [0.15, 0.2) is 11.5 Å². The Morgan fingerprint density at radius 3 is 2.67 bits per heavy atom. The van der Waals surface area contributed by atoms with Gasteiger partial charge in [0, 0.05) is 30.1 Å². The Kier molecular flexibility index (Phi) is 5.52. The molecule has 1 aliphatic heterocycles. The van der Waals surface area contributed by atoms with Gasteiger partial charge in [-0.1, -0.05) is 0 Å². The number of rotatable bonds is 7. The largest absolute Gasteiger partial charge is 0.494 e. The van der Waals surface area contributed by atoms with Gasteiger partial charge < -0.3 is 24.8 Å². The molecule has 0 bridgehead atoms. The molecule has 3 aromatic rings. The van der Waals surface area contributed by atoms with Crippen molar-refractivity contribution < 1.29 is 19.0 Å². The molecule has 1 aromatic heterocycles. The number of hydrogen-bond donors (Lipinski definition) is 2. The molecular formula is C22H20N4O4. The zero-order valence-electron chi connectivity index (χ0n) is 16.4. The predicted molar refractivity (Wildman–Crippen MR) is 111 cm³/mol. The molecule has 0 fully saturated rings. The van der Waals surface area contributed by atoms with Crippen LogP contribution < -0.4 is 24.8 Å².